The van der Waals surface area contributed by atoms with E-state index in [0.717, 1.165) is 0 Å². The predicted molar refractivity (Wildman–Crippen MR) is 103 cm³/mol. The molecule has 0 radical (unpaired) electrons. The summed E-state index contributed by atoms with van der Waals surface area (Å²) in [4.78, 5) is 38.9. The molecule has 2 N–H and O–H groups in total. The molecular formula is C19H21N7O2. The molecule has 2 aromatic rings. The summed E-state index contributed by atoms with van der Waals surface area (Å²) in [5, 5.41) is 15.0. The fourth-order valence-corrected chi connectivity index (χ4v) is 3.16. The van der Waals surface area contributed by atoms with Crippen molar-refractivity contribution in [3.05, 3.63) is 36.2 Å². The highest BCUT2D eigenvalue weighted by Crippen LogP contribution is 2.40. The first-order valence-corrected chi connectivity index (χ1v) is 8.93. The first-order chi connectivity index (χ1) is 13.4. The molecule has 0 aromatic carbocycles. The summed E-state index contributed by atoms with van der Waals surface area (Å²) >= 11 is 0. The summed E-state index contributed by atoms with van der Waals surface area (Å²) < 4.78 is 0. The molecule has 0 aliphatic carbocycles. The van der Waals surface area contributed by atoms with E-state index in [-0.39, 0.29) is 29.4 Å². The van der Waals surface area contributed by atoms with E-state index in [1.807, 2.05) is 13.8 Å². The second kappa shape index (κ2) is 7.60. The van der Waals surface area contributed by atoms with Gasteiger partial charge in [0, 0.05) is 19.8 Å². The van der Waals surface area contributed by atoms with E-state index in [0.29, 0.717) is 24.6 Å². The Hall–Kier alpha value is -3.54. The van der Waals surface area contributed by atoms with Crippen LogP contribution in [0.25, 0.3) is 0 Å². The molecule has 144 valence electrons. The maximum atomic E-state index is 12.9. The molecule has 2 amide bonds. The zero-order valence-corrected chi connectivity index (χ0v) is 15.9. The van der Waals surface area contributed by atoms with Gasteiger partial charge in [0.1, 0.15) is 22.7 Å². The van der Waals surface area contributed by atoms with Gasteiger partial charge in [-0.05, 0) is 30.5 Å². The van der Waals surface area contributed by atoms with Crippen LogP contribution in [0, 0.1) is 22.7 Å². The van der Waals surface area contributed by atoms with Crippen molar-refractivity contribution >= 4 is 29.4 Å². The van der Waals surface area contributed by atoms with Crippen LogP contribution in [0.4, 0.5) is 17.6 Å². The molecule has 28 heavy (non-hydrogen) atoms. The standard InChI is InChI=1S/C19H21N7O2/c1-12(2)19(11-20)8-10-26(17(19)28)15-7-9-22-18(25-15)24-14-6-4-5-13(23-14)16(27)21-3/h4-7,9,12H,8,10H2,1-3H3,(H,21,27)(H,22,23,24,25)/t19-/m1/s1. The van der Waals surface area contributed by atoms with Crippen LogP contribution in [0.3, 0.4) is 0 Å². The summed E-state index contributed by atoms with van der Waals surface area (Å²) in [5.41, 5.74) is -0.767. The highest BCUT2D eigenvalue weighted by atomic mass is 16.2. The second-order valence-corrected chi connectivity index (χ2v) is 6.80. The predicted octanol–water partition coefficient (Wildman–Crippen LogP) is 1.88. The fourth-order valence-electron chi connectivity index (χ4n) is 3.16. The van der Waals surface area contributed by atoms with Gasteiger partial charge in [-0.2, -0.15) is 10.2 Å². The van der Waals surface area contributed by atoms with E-state index in [1.54, 1.807) is 24.3 Å². The maximum absolute atomic E-state index is 12.9. The van der Waals surface area contributed by atoms with Crippen LogP contribution >= 0.6 is 0 Å². The molecule has 1 aliphatic rings. The quantitative estimate of drug-likeness (QED) is 0.813. The number of amides is 2. The van der Waals surface area contributed by atoms with Crippen molar-refractivity contribution in [2.24, 2.45) is 11.3 Å². The number of hydrogen-bond acceptors (Lipinski definition) is 7. The first kappa shape index (κ1) is 19.2. The van der Waals surface area contributed by atoms with Crippen LogP contribution < -0.4 is 15.5 Å². The van der Waals surface area contributed by atoms with E-state index in [2.05, 4.69) is 31.7 Å². The fraction of sp³-hybridized carbons (Fsp3) is 0.368. The molecule has 0 spiro atoms. The molecule has 1 fully saturated rings. The first-order valence-electron chi connectivity index (χ1n) is 8.93. The van der Waals surface area contributed by atoms with Gasteiger partial charge in [-0.25, -0.2) is 9.97 Å². The van der Waals surface area contributed by atoms with E-state index in [9.17, 15) is 14.9 Å². The number of carbonyl (C=O) groups excluding carboxylic acids is 2. The summed E-state index contributed by atoms with van der Waals surface area (Å²) in [6, 6.07) is 8.81. The van der Waals surface area contributed by atoms with Crippen LogP contribution in [0.1, 0.15) is 30.8 Å². The summed E-state index contributed by atoms with van der Waals surface area (Å²) in [5.74, 6) is 0.427. The molecule has 1 aliphatic heterocycles. The number of carbonyl (C=O) groups is 2. The average Bonchev–Trinajstić information content (AvgIpc) is 3.05. The van der Waals surface area contributed by atoms with Crippen molar-refractivity contribution < 1.29 is 9.59 Å². The van der Waals surface area contributed by atoms with Crippen LogP contribution in [-0.4, -0.2) is 40.4 Å². The highest BCUT2D eigenvalue weighted by molar-refractivity contribution is 6.01. The molecule has 0 saturated carbocycles. The average molecular weight is 379 g/mol. The number of nitriles is 1. The van der Waals surface area contributed by atoms with E-state index in [1.165, 1.54) is 18.1 Å². The molecular weight excluding hydrogens is 358 g/mol. The summed E-state index contributed by atoms with van der Waals surface area (Å²) in [7, 11) is 1.53. The van der Waals surface area contributed by atoms with E-state index >= 15 is 0 Å². The Bertz CT molecular complexity index is 953. The van der Waals surface area contributed by atoms with Gasteiger partial charge in [0.05, 0.1) is 6.07 Å². The lowest BCUT2D eigenvalue weighted by molar-refractivity contribution is -0.124. The minimum atomic E-state index is -1.03. The van der Waals surface area contributed by atoms with Crippen LogP contribution in [0.2, 0.25) is 0 Å². The molecule has 9 nitrogen and oxygen atoms in total. The van der Waals surface area contributed by atoms with Crippen LogP contribution in [0.5, 0.6) is 0 Å². The largest absolute Gasteiger partial charge is 0.354 e. The Balaban J connectivity index is 1.83. The van der Waals surface area contributed by atoms with E-state index in [4.69, 9.17) is 0 Å². The third-order valence-electron chi connectivity index (χ3n) is 4.91. The van der Waals surface area contributed by atoms with Gasteiger partial charge in [-0.1, -0.05) is 19.9 Å². The Morgan fingerprint density at radius 3 is 2.75 bits per heavy atom. The van der Waals surface area contributed by atoms with Gasteiger partial charge < -0.3 is 10.6 Å². The monoisotopic (exact) mass is 379 g/mol. The molecule has 9 heteroatoms. The van der Waals surface area contributed by atoms with Crippen molar-refractivity contribution in [3.8, 4) is 6.07 Å². The van der Waals surface area contributed by atoms with Crippen LogP contribution in [-0.2, 0) is 4.79 Å². The molecule has 0 bridgehead atoms. The van der Waals surface area contributed by atoms with Gasteiger partial charge in [-0.3, -0.25) is 14.5 Å². The molecule has 2 aromatic heterocycles. The zero-order valence-electron chi connectivity index (χ0n) is 15.9. The molecule has 1 saturated heterocycles. The lowest BCUT2D eigenvalue weighted by atomic mass is 9.77. The van der Waals surface area contributed by atoms with Crippen LogP contribution in [0.15, 0.2) is 30.5 Å². The van der Waals surface area contributed by atoms with Gasteiger partial charge in [0.15, 0.2) is 0 Å². The zero-order chi connectivity index (χ0) is 20.3. The molecule has 1 atom stereocenters. The topological polar surface area (TPSA) is 124 Å². The van der Waals surface area contributed by atoms with Crippen molar-refractivity contribution in [2.45, 2.75) is 20.3 Å². The Kier molecular flexibility index (Phi) is 5.22. The number of nitrogens with zero attached hydrogens (tertiary/aromatic N) is 5. The molecule has 3 heterocycles. The number of anilines is 3. The smallest absolute Gasteiger partial charge is 0.269 e. The Labute approximate surface area is 162 Å². The third kappa shape index (κ3) is 3.36. The van der Waals surface area contributed by atoms with Gasteiger partial charge in [0.2, 0.25) is 11.9 Å². The van der Waals surface area contributed by atoms with Crippen molar-refractivity contribution in [2.75, 3.05) is 23.8 Å². The minimum absolute atomic E-state index is 0.0916. The van der Waals surface area contributed by atoms with E-state index < -0.39 is 5.41 Å². The van der Waals surface area contributed by atoms with Gasteiger partial charge >= 0.3 is 0 Å². The lowest BCUT2D eigenvalue weighted by Crippen LogP contribution is -2.37. The minimum Gasteiger partial charge on any atom is -0.354 e. The number of nitrogens with one attached hydrogen (secondary N) is 2. The van der Waals surface area contributed by atoms with Crippen molar-refractivity contribution in [1.82, 2.24) is 20.3 Å². The molecule has 0 unspecified atom stereocenters. The number of rotatable bonds is 5. The molecule has 3 rings (SSSR count). The normalized spacial score (nSPS) is 18.8. The Morgan fingerprint density at radius 2 is 2.11 bits per heavy atom. The SMILES string of the molecule is CNC(=O)c1cccc(Nc2nccc(N3CC[C@@](C#N)(C(C)C)C3=O)n2)n1. The Morgan fingerprint density at radius 1 is 1.32 bits per heavy atom. The third-order valence-corrected chi connectivity index (χ3v) is 4.91. The summed E-state index contributed by atoms with van der Waals surface area (Å²) in [6.45, 7) is 4.18. The number of pyridine rings is 1. The highest BCUT2D eigenvalue weighted by Gasteiger charge is 2.50. The maximum Gasteiger partial charge on any atom is 0.269 e. The number of hydrogen-bond donors (Lipinski definition) is 2. The number of aromatic nitrogens is 3. The van der Waals surface area contributed by atoms with Crippen molar-refractivity contribution in [1.29, 1.82) is 5.26 Å². The van der Waals surface area contributed by atoms with Gasteiger partial charge in [-0.15, -0.1) is 0 Å². The summed E-state index contributed by atoms with van der Waals surface area (Å²) in [6.07, 6.45) is 1.99. The van der Waals surface area contributed by atoms with Crippen molar-refractivity contribution in [3.63, 3.8) is 0 Å². The second-order valence-electron chi connectivity index (χ2n) is 6.80. The van der Waals surface area contributed by atoms with Gasteiger partial charge in [0.25, 0.3) is 5.91 Å². The lowest BCUT2D eigenvalue weighted by Gasteiger charge is -2.24.